The topological polar surface area (TPSA) is 79.8 Å². The average molecular weight is 426 g/mol. The fourth-order valence-electron chi connectivity index (χ4n) is 2.05. The second-order valence-electron chi connectivity index (χ2n) is 4.52. The second kappa shape index (κ2) is 5.77. The van der Waals surface area contributed by atoms with E-state index in [1.54, 1.807) is 18.2 Å². The molecule has 0 bridgehead atoms. The number of hydrogen-bond donors (Lipinski definition) is 2. The van der Waals surface area contributed by atoms with Gasteiger partial charge in [-0.15, -0.1) is 0 Å². The van der Waals surface area contributed by atoms with Gasteiger partial charge < -0.3 is 4.98 Å². The molecule has 0 saturated carbocycles. The van der Waals surface area contributed by atoms with E-state index in [9.17, 15) is 17.2 Å². The molecule has 2 aromatic heterocycles. The van der Waals surface area contributed by atoms with E-state index < -0.39 is 16.6 Å². The van der Waals surface area contributed by atoms with Crippen molar-refractivity contribution < 1.29 is 17.2 Å². The number of nitrogens with one attached hydrogen (secondary N) is 2. The van der Waals surface area contributed by atoms with Crippen LogP contribution in [0.2, 0.25) is 5.02 Å². The first kappa shape index (κ1) is 16.2. The molecule has 2 heterocycles. The van der Waals surface area contributed by atoms with Gasteiger partial charge in [-0.1, -0.05) is 11.6 Å². The first-order valence-electron chi connectivity index (χ1n) is 6.10. The van der Waals surface area contributed by atoms with Gasteiger partial charge in [-0.2, -0.15) is 18.6 Å². The summed E-state index contributed by atoms with van der Waals surface area (Å²) < 4.78 is 52.7. The van der Waals surface area contributed by atoms with E-state index in [4.69, 9.17) is 11.6 Å². The van der Waals surface area contributed by atoms with Crippen molar-refractivity contribution in [3.8, 4) is 0 Å². The number of aromatic amines is 1. The molecule has 0 radical (unpaired) electrons. The number of anilines is 1. The van der Waals surface area contributed by atoms with Gasteiger partial charge in [0.25, 0.3) is 10.0 Å². The van der Waals surface area contributed by atoms with Crippen molar-refractivity contribution in [2.75, 3.05) is 4.72 Å². The molecular formula is C12H8BrClF2N4O2S. The molecule has 2 N–H and O–H groups in total. The summed E-state index contributed by atoms with van der Waals surface area (Å²) in [5.74, 6) is 0. The van der Waals surface area contributed by atoms with Crippen LogP contribution >= 0.6 is 27.5 Å². The molecule has 0 aliphatic heterocycles. The van der Waals surface area contributed by atoms with Crippen molar-refractivity contribution in [2.24, 2.45) is 0 Å². The largest absolute Gasteiger partial charge is 0.360 e. The van der Waals surface area contributed by atoms with Crippen LogP contribution in [0.4, 0.5) is 14.5 Å². The summed E-state index contributed by atoms with van der Waals surface area (Å²) in [5.41, 5.74) is 0.453. The lowest BCUT2D eigenvalue weighted by atomic mass is 10.2. The molecule has 11 heteroatoms. The number of alkyl halides is 2. The van der Waals surface area contributed by atoms with Crippen LogP contribution in [-0.4, -0.2) is 23.2 Å². The van der Waals surface area contributed by atoms with Gasteiger partial charge in [0.05, 0.1) is 6.20 Å². The number of rotatable bonds is 4. The van der Waals surface area contributed by atoms with Gasteiger partial charge in [0.15, 0.2) is 0 Å². The highest BCUT2D eigenvalue weighted by molar-refractivity contribution is 9.10. The lowest BCUT2D eigenvalue weighted by molar-refractivity contribution is 0.0542. The second-order valence-corrected chi connectivity index (χ2v) is 7.36. The van der Waals surface area contributed by atoms with Crippen LogP contribution in [0.25, 0.3) is 10.9 Å². The average Bonchev–Trinajstić information content (AvgIpc) is 3.03. The third-order valence-electron chi connectivity index (χ3n) is 3.06. The van der Waals surface area contributed by atoms with Crippen LogP contribution in [0.1, 0.15) is 6.55 Å². The van der Waals surface area contributed by atoms with Crippen molar-refractivity contribution in [1.29, 1.82) is 0 Å². The van der Waals surface area contributed by atoms with E-state index in [0.29, 0.717) is 20.6 Å². The van der Waals surface area contributed by atoms with E-state index in [-0.39, 0.29) is 15.2 Å². The van der Waals surface area contributed by atoms with Crippen LogP contribution in [0, 0.1) is 0 Å². The molecule has 0 atom stereocenters. The van der Waals surface area contributed by atoms with Crippen molar-refractivity contribution in [3.63, 3.8) is 0 Å². The smallest absolute Gasteiger partial charge is 0.334 e. The maximum atomic E-state index is 12.7. The number of nitrogens with zero attached hydrogens (tertiary/aromatic N) is 2. The molecule has 6 nitrogen and oxygen atoms in total. The molecule has 0 spiro atoms. The van der Waals surface area contributed by atoms with Crippen LogP contribution in [-0.2, 0) is 10.0 Å². The number of sulfonamides is 1. The van der Waals surface area contributed by atoms with Gasteiger partial charge in [0, 0.05) is 22.1 Å². The zero-order valence-corrected chi connectivity index (χ0v) is 14.3. The van der Waals surface area contributed by atoms with Crippen molar-refractivity contribution >= 4 is 54.1 Å². The van der Waals surface area contributed by atoms with Gasteiger partial charge in [-0.05, 0) is 34.1 Å². The summed E-state index contributed by atoms with van der Waals surface area (Å²) in [5, 5.41) is 4.31. The van der Waals surface area contributed by atoms with E-state index in [2.05, 4.69) is 30.7 Å². The number of hydrogen-bond acceptors (Lipinski definition) is 3. The summed E-state index contributed by atoms with van der Waals surface area (Å²) in [7, 11) is -4.00. The highest BCUT2D eigenvalue weighted by Gasteiger charge is 2.23. The molecule has 0 amide bonds. The molecule has 0 aliphatic carbocycles. The minimum Gasteiger partial charge on any atom is -0.360 e. The summed E-state index contributed by atoms with van der Waals surface area (Å²) in [4.78, 5) is 2.78. The van der Waals surface area contributed by atoms with Crippen LogP contribution in [0.5, 0.6) is 0 Å². The summed E-state index contributed by atoms with van der Waals surface area (Å²) >= 11 is 8.75. The Kier molecular flexibility index (Phi) is 4.07. The fourth-order valence-corrected chi connectivity index (χ4v) is 4.03. The van der Waals surface area contributed by atoms with Crippen molar-refractivity contribution in [1.82, 2.24) is 14.8 Å². The first-order chi connectivity index (χ1) is 10.8. The molecule has 3 aromatic rings. The maximum absolute atomic E-state index is 12.7. The normalized spacial score (nSPS) is 12.2. The third kappa shape index (κ3) is 2.93. The Morgan fingerprint density at radius 3 is 2.78 bits per heavy atom. The first-order valence-corrected chi connectivity index (χ1v) is 8.75. The number of H-pyrrole nitrogens is 1. The molecule has 0 saturated heterocycles. The van der Waals surface area contributed by atoms with Gasteiger partial charge in [-0.3, -0.25) is 4.72 Å². The zero-order chi connectivity index (χ0) is 16.8. The Bertz CT molecular complexity index is 986. The van der Waals surface area contributed by atoms with Gasteiger partial charge in [0.2, 0.25) is 0 Å². The predicted molar refractivity (Wildman–Crippen MR) is 85.3 cm³/mol. The Hall–Kier alpha value is -1.65. The third-order valence-corrected chi connectivity index (χ3v) is 5.49. The van der Waals surface area contributed by atoms with E-state index >= 15 is 0 Å². The number of halogens is 4. The fraction of sp³-hybridized carbons (Fsp3) is 0.0833. The highest BCUT2D eigenvalue weighted by atomic mass is 79.9. The predicted octanol–water partition coefficient (Wildman–Crippen LogP) is 3.98. The summed E-state index contributed by atoms with van der Waals surface area (Å²) in [6.45, 7) is -2.89. The Morgan fingerprint density at radius 1 is 1.39 bits per heavy atom. The van der Waals surface area contributed by atoms with Crippen molar-refractivity contribution in [3.05, 3.63) is 40.2 Å². The molecule has 0 unspecified atom stereocenters. The number of fused-ring (bicyclic) bond motifs is 1. The quantitative estimate of drug-likeness (QED) is 0.664. The van der Waals surface area contributed by atoms with E-state index in [1.165, 1.54) is 6.20 Å². The monoisotopic (exact) mass is 424 g/mol. The van der Waals surface area contributed by atoms with Gasteiger partial charge in [-0.25, -0.2) is 8.42 Å². The van der Waals surface area contributed by atoms with Crippen LogP contribution in [0.3, 0.4) is 0 Å². The van der Waals surface area contributed by atoms with Crippen LogP contribution in [0.15, 0.2) is 40.1 Å². The maximum Gasteiger partial charge on any atom is 0.334 e. The molecule has 23 heavy (non-hydrogen) atoms. The molecular weight excluding hydrogens is 418 g/mol. The Morgan fingerprint density at radius 2 is 2.13 bits per heavy atom. The Labute approximate surface area is 142 Å². The van der Waals surface area contributed by atoms with Crippen molar-refractivity contribution in [2.45, 2.75) is 11.4 Å². The molecule has 3 rings (SSSR count). The lowest BCUT2D eigenvalue weighted by Gasteiger charge is -2.06. The summed E-state index contributed by atoms with van der Waals surface area (Å²) in [6.07, 6.45) is 2.30. The SMILES string of the molecule is O=S(=O)(Nc1cnn(C(F)F)c1Br)c1c[nH]c2cc(Cl)ccc12. The van der Waals surface area contributed by atoms with E-state index in [1.807, 2.05) is 0 Å². The highest BCUT2D eigenvalue weighted by Crippen LogP contribution is 2.30. The lowest BCUT2D eigenvalue weighted by Crippen LogP contribution is -2.12. The Balaban J connectivity index is 2.01. The van der Waals surface area contributed by atoms with Gasteiger partial charge in [0.1, 0.15) is 15.2 Å². The summed E-state index contributed by atoms with van der Waals surface area (Å²) in [6, 6.07) is 4.70. The van der Waals surface area contributed by atoms with Gasteiger partial charge >= 0.3 is 6.55 Å². The standard InChI is InChI=1S/C12H8BrClF2N4O2S/c13-11-9(4-18-20(11)12(15)16)19-23(21,22)10-5-17-8-3-6(14)1-2-7(8)10/h1-5,12,17,19H. The molecule has 0 aliphatic rings. The molecule has 1 aromatic carbocycles. The minimum absolute atomic E-state index is 0.0270. The van der Waals surface area contributed by atoms with E-state index in [0.717, 1.165) is 6.20 Å². The molecule has 0 fully saturated rings. The van der Waals surface area contributed by atoms with Crippen LogP contribution < -0.4 is 4.72 Å². The minimum atomic E-state index is -4.00. The number of aromatic nitrogens is 3. The number of benzene rings is 1. The zero-order valence-electron chi connectivity index (χ0n) is 11.1. The molecule has 122 valence electrons.